The van der Waals surface area contributed by atoms with Crippen LogP contribution in [0.25, 0.3) is 17.5 Å². The third kappa shape index (κ3) is 2.37. The standard InChI is InChI=1S/C13H8ClN5O2/c14-10-7-2-1-3-9(7)17-6-8(10)11-18-13(21-19-11)12(20)16-5-4-15/h1-2,6H,3,5H2,(H,16,20). The van der Waals surface area contributed by atoms with E-state index >= 15 is 0 Å². The Morgan fingerprint density at radius 2 is 2.43 bits per heavy atom. The van der Waals surface area contributed by atoms with E-state index in [-0.39, 0.29) is 18.3 Å². The maximum Gasteiger partial charge on any atom is 0.316 e. The van der Waals surface area contributed by atoms with E-state index in [1.165, 1.54) is 0 Å². The molecule has 0 unspecified atom stereocenters. The first-order chi connectivity index (χ1) is 10.2. The number of aromatic nitrogens is 3. The Kier molecular flexibility index (Phi) is 3.38. The van der Waals surface area contributed by atoms with Crippen molar-refractivity contribution in [2.75, 3.05) is 6.54 Å². The minimum absolute atomic E-state index is 0.136. The van der Waals surface area contributed by atoms with Gasteiger partial charge < -0.3 is 9.84 Å². The van der Waals surface area contributed by atoms with Crippen molar-refractivity contribution in [1.29, 1.82) is 5.26 Å². The number of halogens is 1. The largest absolute Gasteiger partial charge is 0.335 e. The Morgan fingerprint density at radius 1 is 1.57 bits per heavy atom. The van der Waals surface area contributed by atoms with Gasteiger partial charge in [-0.1, -0.05) is 28.9 Å². The first kappa shape index (κ1) is 13.3. The van der Waals surface area contributed by atoms with Crippen LogP contribution in [0.2, 0.25) is 5.02 Å². The number of nitriles is 1. The van der Waals surface area contributed by atoms with Gasteiger partial charge in [-0.15, -0.1) is 0 Å². The molecule has 1 aliphatic carbocycles. The zero-order chi connectivity index (χ0) is 14.8. The number of amides is 1. The van der Waals surface area contributed by atoms with Gasteiger partial charge in [0.05, 0.1) is 22.3 Å². The van der Waals surface area contributed by atoms with Gasteiger partial charge in [0, 0.05) is 18.2 Å². The molecule has 21 heavy (non-hydrogen) atoms. The van der Waals surface area contributed by atoms with Crippen molar-refractivity contribution < 1.29 is 9.32 Å². The molecular weight excluding hydrogens is 294 g/mol. The van der Waals surface area contributed by atoms with Crippen molar-refractivity contribution in [3.8, 4) is 17.5 Å². The fraction of sp³-hybridized carbons (Fsp3) is 0.154. The Bertz CT molecular complexity index is 790. The molecule has 0 bridgehead atoms. The quantitative estimate of drug-likeness (QED) is 0.863. The molecule has 0 aromatic carbocycles. The van der Waals surface area contributed by atoms with Gasteiger partial charge in [0.1, 0.15) is 6.54 Å². The molecule has 2 aromatic heterocycles. The first-order valence-corrected chi connectivity index (χ1v) is 6.41. The highest BCUT2D eigenvalue weighted by Gasteiger charge is 2.20. The number of allylic oxidation sites excluding steroid dienone is 1. The van der Waals surface area contributed by atoms with E-state index < -0.39 is 5.91 Å². The number of pyridine rings is 1. The van der Waals surface area contributed by atoms with E-state index in [0.717, 1.165) is 17.7 Å². The fourth-order valence-electron chi connectivity index (χ4n) is 1.94. The summed E-state index contributed by atoms with van der Waals surface area (Å²) in [5, 5.41) is 14.9. The molecule has 8 heteroatoms. The van der Waals surface area contributed by atoms with Gasteiger partial charge in [-0.25, -0.2) is 0 Å². The number of nitrogens with zero attached hydrogens (tertiary/aromatic N) is 4. The van der Waals surface area contributed by atoms with Crippen molar-refractivity contribution in [1.82, 2.24) is 20.4 Å². The van der Waals surface area contributed by atoms with E-state index in [1.807, 2.05) is 12.2 Å². The van der Waals surface area contributed by atoms with Crippen molar-refractivity contribution in [2.45, 2.75) is 6.42 Å². The molecule has 2 heterocycles. The predicted molar refractivity (Wildman–Crippen MR) is 73.2 cm³/mol. The molecule has 0 saturated carbocycles. The molecule has 104 valence electrons. The van der Waals surface area contributed by atoms with E-state index in [1.54, 1.807) is 12.3 Å². The topological polar surface area (TPSA) is 105 Å². The highest BCUT2D eigenvalue weighted by atomic mass is 35.5. The molecule has 1 N–H and O–H groups in total. The zero-order valence-corrected chi connectivity index (χ0v) is 11.4. The molecule has 2 aromatic rings. The third-order valence-corrected chi connectivity index (χ3v) is 3.33. The van der Waals surface area contributed by atoms with Crippen LogP contribution < -0.4 is 5.32 Å². The van der Waals surface area contributed by atoms with Crippen molar-refractivity contribution in [2.24, 2.45) is 0 Å². The number of carbonyl (C=O) groups excluding carboxylic acids is 1. The predicted octanol–water partition coefficient (Wildman–Crippen LogP) is 1.61. The van der Waals surface area contributed by atoms with E-state index in [4.69, 9.17) is 21.4 Å². The number of hydrogen-bond donors (Lipinski definition) is 1. The second-order valence-corrected chi connectivity index (χ2v) is 4.59. The molecule has 0 atom stereocenters. The minimum Gasteiger partial charge on any atom is -0.335 e. The van der Waals surface area contributed by atoms with Gasteiger partial charge in [-0.05, 0) is 0 Å². The number of carbonyl (C=O) groups is 1. The molecule has 0 spiro atoms. The number of nitrogens with one attached hydrogen (secondary N) is 1. The highest BCUT2D eigenvalue weighted by Crippen LogP contribution is 2.33. The Labute approximate surface area is 124 Å². The van der Waals surface area contributed by atoms with Gasteiger partial charge in [0.25, 0.3) is 0 Å². The lowest BCUT2D eigenvalue weighted by molar-refractivity contribution is 0.0915. The van der Waals surface area contributed by atoms with Crippen molar-refractivity contribution in [3.63, 3.8) is 0 Å². The van der Waals surface area contributed by atoms with Gasteiger partial charge in [0.2, 0.25) is 5.82 Å². The lowest BCUT2D eigenvalue weighted by Crippen LogP contribution is -2.23. The molecule has 0 aliphatic heterocycles. The van der Waals surface area contributed by atoms with Crippen LogP contribution in [0, 0.1) is 11.3 Å². The molecule has 3 rings (SSSR count). The summed E-state index contributed by atoms with van der Waals surface area (Å²) >= 11 is 6.30. The van der Waals surface area contributed by atoms with Crippen LogP contribution in [0.15, 0.2) is 16.8 Å². The number of hydrogen-bond acceptors (Lipinski definition) is 6. The van der Waals surface area contributed by atoms with Crippen LogP contribution in [0.1, 0.15) is 21.9 Å². The SMILES string of the molecule is N#CCNC(=O)c1nc(-c2cnc3c(c2Cl)C=CC3)no1. The number of fused-ring (bicyclic) bond motifs is 1. The summed E-state index contributed by atoms with van der Waals surface area (Å²) in [6.07, 6.45) is 6.14. The Balaban J connectivity index is 1.92. The average Bonchev–Trinajstić information content (AvgIpc) is 3.14. The second-order valence-electron chi connectivity index (χ2n) is 4.22. The molecule has 1 amide bonds. The highest BCUT2D eigenvalue weighted by molar-refractivity contribution is 6.34. The normalized spacial score (nSPS) is 12.0. The number of rotatable bonds is 3. The minimum atomic E-state index is -0.611. The summed E-state index contributed by atoms with van der Waals surface area (Å²) < 4.78 is 4.87. The van der Waals surface area contributed by atoms with Crippen molar-refractivity contribution in [3.05, 3.63) is 34.4 Å². The van der Waals surface area contributed by atoms with Gasteiger partial charge in [0.15, 0.2) is 0 Å². The summed E-state index contributed by atoms with van der Waals surface area (Å²) in [7, 11) is 0. The second kappa shape index (κ2) is 5.34. The molecule has 0 fully saturated rings. The van der Waals surface area contributed by atoms with Gasteiger partial charge in [-0.2, -0.15) is 10.2 Å². The van der Waals surface area contributed by atoms with Crippen molar-refractivity contribution >= 4 is 23.6 Å². The summed E-state index contributed by atoms with van der Waals surface area (Å²) in [6, 6.07) is 1.78. The van der Waals surface area contributed by atoms with Crippen LogP contribution in [0.5, 0.6) is 0 Å². The van der Waals surface area contributed by atoms with Gasteiger partial charge in [-0.3, -0.25) is 9.78 Å². The Hall–Kier alpha value is -2.72. The first-order valence-electron chi connectivity index (χ1n) is 6.04. The van der Waals surface area contributed by atoms with Crippen LogP contribution in [0.4, 0.5) is 0 Å². The molecular formula is C13H8ClN5O2. The molecule has 0 radical (unpaired) electrons. The van der Waals surface area contributed by atoms with E-state index in [0.29, 0.717) is 10.6 Å². The van der Waals surface area contributed by atoms with Crippen LogP contribution >= 0.6 is 11.6 Å². The third-order valence-electron chi connectivity index (χ3n) is 2.92. The summed E-state index contributed by atoms with van der Waals surface area (Å²) in [5.41, 5.74) is 2.21. The van der Waals surface area contributed by atoms with Crippen LogP contribution in [0.3, 0.4) is 0 Å². The lowest BCUT2D eigenvalue weighted by atomic mass is 10.1. The summed E-state index contributed by atoms with van der Waals surface area (Å²) in [5.74, 6) is -0.662. The van der Waals surface area contributed by atoms with Gasteiger partial charge >= 0.3 is 11.8 Å². The van der Waals surface area contributed by atoms with Crippen LogP contribution in [-0.2, 0) is 6.42 Å². The van der Waals surface area contributed by atoms with Crippen LogP contribution in [-0.4, -0.2) is 27.6 Å². The maximum absolute atomic E-state index is 11.6. The summed E-state index contributed by atoms with van der Waals surface area (Å²) in [4.78, 5) is 19.9. The smallest absolute Gasteiger partial charge is 0.316 e. The average molecular weight is 302 g/mol. The zero-order valence-electron chi connectivity index (χ0n) is 10.6. The lowest BCUT2D eigenvalue weighted by Gasteiger charge is -2.04. The Morgan fingerprint density at radius 3 is 3.24 bits per heavy atom. The molecule has 7 nitrogen and oxygen atoms in total. The molecule has 1 aliphatic rings. The summed E-state index contributed by atoms with van der Waals surface area (Å²) in [6.45, 7) is -0.136. The fourth-order valence-corrected chi connectivity index (χ4v) is 2.24. The maximum atomic E-state index is 11.6. The molecule has 0 saturated heterocycles. The van der Waals surface area contributed by atoms with E-state index in [2.05, 4.69) is 20.4 Å². The van der Waals surface area contributed by atoms with E-state index in [9.17, 15) is 4.79 Å². The monoisotopic (exact) mass is 301 g/mol.